The van der Waals surface area contributed by atoms with Crippen LogP contribution in [-0.4, -0.2) is 6.04 Å². The first kappa shape index (κ1) is 10.1. The van der Waals surface area contributed by atoms with Crippen molar-refractivity contribution in [3.63, 3.8) is 0 Å². The Labute approximate surface area is 91.8 Å². The minimum atomic E-state index is -0.129. The van der Waals surface area contributed by atoms with Gasteiger partial charge in [-0.05, 0) is 31.4 Å². The van der Waals surface area contributed by atoms with Gasteiger partial charge in [-0.25, -0.2) is 4.39 Å². The standard InChI is InChI=1S/C11H13BrFN/c1-7-4-8(6-14-9-2-3-9)11(13)5-10(7)12/h4-5,9,14H,2-3,6H2,1H3. The van der Waals surface area contributed by atoms with Crippen LogP contribution >= 0.6 is 15.9 Å². The SMILES string of the molecule is Cc1cc(CNC2CC2)c(F)cc1Br. The highest BCUT2D eigenvalue weighted by Gasteiger charge is 2.20. The Morgan fingerprint density at radius 1 is 1.50 bits per heavy atom. The molecule has 0 radical (unpaired) electrons. The fourth-order valence-corrected chi connectivity index (χ4v) is 1.71. The van der Waals surface area contributed by atoms with E-state index in [0.29, 0.717) is 12.6 Å². The van der Waals surface area contributed by atoms with Crippen molar-refractivity contribution in [3.8, 4) is 0 Å². The molecular weight excluding hydrogens is 245 g/mol. The second kappa shape index (κ2) is 3.99. The van der Waals surface area contributed by atoms with E-state index in [0.717, 1.165) is 15.6 Å². The lowest BCUT2D eigenvalue weighted by Gasteiger charge is -2.07. The first-order valence-electron chi connectivity index (χ1n) is 4.84. The monoisotopic (exact) mass is 257 g/mol. The van der Waals surface area contributed by atoms with Crippen LogP contribution in [0.2, 0.25) is 0 Å². The van der Waals surface area contributed by atoms with E-state index in [1.807, 2.05) is 13.0 Å². The molecule has 0 spiro atoms. The largest absolute Gasteiger partial charge is 0.310 e. The highest BCUT2D eigenvalue weighted by Crippen LogP contribution is 2.23. The smallest absolute Gasteiger partial charge is 0.128 e. The molecule has 3 heteroatoms. The van der Waals surface area contributed by atoms with E-state index in [-0.39, 0.29) is 5.82 Å². The average Bonchev–Trinajstić information content (AvgIpc) is 2.92. The van der Waals surface area contributed by atoms with Crippen LogP contribution in [0.15, 0.2) is 16.6 Å². The summed E-state index contributed by atoms with van der Waals surface area (Å²) < 4.78 is 14.3. The van der Waals surface area contributed by atoms with Crippen LogP contribution < -0.4 is 5.32 Å². The van der Waals surface area contributed by atoms with Crippen LogP contribution in [0, 0.1) is 12.7 Å². The predicted molar refractivity (Wildman–Crippen MR) is 58.7 cm³/mol. The van der Waals surface area contributed by atoms with Crippen molar-refractivity contribution in [3.05, 3.63) is 33.5 Å². The lowest BCUT2D eigenvalue weighted by atomic mass is 10.1. The minimum Gasteiger partial charge on any atom is -0.310 e. The van der Waals surface area contributed by atoms with E-state index in [1.165, 1.54) is 12.8 Å². The fraction of sp³-hybridized carbons (Fsp3) is 0.455. The maximum absolute atomic E-state index is 13.4. The fourth-order valence-electron chi connectivity index (χ4n) is 1.39. The molecule has 0 bridgehead atoms. The van der Waals surface area contributed by atoms with Crippen LogP contribution in [-0.2, 0) is 6.54 Å². The molecule has 1 nitrogen and oxygen atoms in total. The number of hydrogen-bond acceptors (Lipinski definition) is 1. The Bertz CT molecular complexity index is 347. The van der Waals surface area contributed by atoms with Gasteiger partial charge >= 0.3 is 0 Å². The van der Waals surface area contributed by atoms with Crippen molar-refractivity contribution in [1.29, 1.82) is 0 Å². The topological polar surface area (TPSA) is 12.0 Å². The molecule has 1 aliphatic carbocycles. The highest BCUT2D eigenvalue weighted by molar-refractivity contribution is 9.10. The summed E-state index contributed by atoms with van der Waals surface area (Å²) in [5.74, 6) is -0.129. The Morgan fingerprint density at radius 3 is 2.86 bits per heavy atom. The van der Waals surface area contributed by atoms with Gasteiger partial charge in [0, 0.05) is 22.6 Å². The lowest BCUT2D eigenvalue weighted by Crippen LogP contribution is -2.16. The maximum atomic E-state index is 13.4. The van der Waals surface area contributed by atoms with Gasteiger partial charge in [0.05, 0.1) is 0 Å². The summed E-state index contributed by atoms with van der Waals surface area (Å²) >= 11 is 3.31. The van der Waals surface area contributed by atoms with E-state index in [9.17, 15) is 4.39 Å². The molecule has 0 unspecified atom stereocenters. The zero-order valence-corrected chi connectivity index (χ0v) is 9.70. The Kier molecular flexibility index (Phi) is 2.88. The van der Waals surface area contributed by atoms with Gasteiger partial charge < -0.3 is 5.32 Å². The van der Waals surface area contributed by atoms with Crippen molar-refractivity contribution in [2.75, 3.05) is 0 Å². The average molecular weight is 258 g/mol. The Morgan fingerprint density at radius 2 is 2.21 bits per heavy atom. The molecule has 0 aromatic heterocycles. The van der Waals surface area contributed by atoms with Crippen molar-refractivity contribution < 1.29 is 4.39 Å². The third-order valence-corrected chi connectivity index (χ3v) is 3.34. The second-order valence-corrected chi connectivity index (χ2v) is 4.70. The van der Waals surface area contributed by atoms with Crippen LogP contribution in [0.25, 0.3) is 0 Å². The molecule has 0 saturated heterocycles. The zero-order valence-electron chi connectivity index (χ0n) is 8.11. The predicted octanol–water partition coefficient (Wildman–Crippen LogP) is 3.15. The molecule has 76 valence electrons. The first-order chi connectivity index (χ1) is 6.66. The molecular formula is C11H13BrFN. The van der Waals surface area contributed by atoms with Crippen molar-refractivity contribution in [1.82, 2.24) is 5.32 Å². The van der Waals surface area contributed by atoms with E-state index in [4.69, 9.17) is 0 Å². The summed E-state index contributed by atoms with van der Waals surface area (Å²) in [7, 11) is 0. The van der Waals surface area contributed by atoms with Gasteiger partial charge in [0.15, 0.2) is 0 Å². The van der Waals surface area contributed by atoms with Crippen molar-refractivity contribution in [2.24, 2.45) is 0 Å². The molecule has 1 aromatic rings. The van der Waals surface area contributed by atoms with Gasteiger partial charge in [0.25, 0.3) is 0 Å². The van der Waals surface area contributed by atoms with Crippen LogP contribution in [0.4, 0.5) is 4.39 Å². The minimum absolute atomic E-state index is 0.129. The molecule has 1 N–H and O–H groups in total. The van der Waals surface area contributed by atoms with Crippen molar-refractivity contribution in [2.45, 2.75) is 32.4 Å². The molecule has 0 aliphatic heterocycles. The summed E-state index contributed by atoms with van der Waals surface area (Å²) in [5, 5.41) is 3.31. The van der Waals surface area contributed by atoms with Crippen LogP contribution in [0.1, 0.15) is 24.0 Å². The number of halogens is 2. The molecule has 0 heterocycles. The number of benzene rings is 1. The Balaban J connectivity index is 2.10. The zero-order chi connectivity index (χ0) is 10.1. The molecule has 1 saturated carbocycles. The maximum Gasteiger partial charge on any atom is 0.128 e. The van der Waals surface area contributed by atoms with Crippen LogP contribution in [0.3, 0.4) is 0 Å². The first-order valence-corrected chi connectivity index (χ1v) is 5.64. The molecule has 1 aromatic carbocycles. The van der Waals surface area contributed by atoms with Gasteiger partial charge in [-0.3, -0.25) is 0 Å². The van der Waals surface area contributed by atoms with Gasteiger partial charge in [0.2, 0.25) is 0 Å². The molecule has 1 fully saturated rings. The van der Waals surface area contributed by atoms with E-state index in [2.05, 4.69) is 21.2 Å². The number of nitrogens with one attached hydrogen (secondary N) is 1. The summed E-state index contributed by atoms with van der Waals surface area (Å²) in [5.41, 5.74) is 1.84. The molecule has 0 amide bonds. The number of aryl methyl sites for hydroxylation is 1. The lowest BCUT2D eigenvalue weighted by molar-refractivity contribution is 0.585. The summed E-state index contributed by atoms with van der Waals surface area (Å²) in [4.78, 5) is 0. The Hall–Kier alpha value is -0.410. The molecule has 14 heavy (non-hydrogen) atoms. The number of hydrogen-bond donors (Lipinski definition) is 1. The summed E-state index contributed by atoms with van der Waals surface area (Å²) in [6, 6.07) is 4.06. The summed E-state index contributed by atoms with van der Waals surface area (Å²) in [6.07, 6.45) is 2.47. The highest BCUT2D eigenvalue weighted by atomic mass is 79.9. The third kappa shape index (κ3) is 2.34. The third-order valence-electron chi connectivity index (χ3n) is 2.49. The second-order valence-electron chi connectivity index (χ2n) is 3.85. The number of rotatable bonds is 3. The molecule has 2 rings (SSSR count). The summed E-state index contributed by atoms with van der Waals surface area (Å²) in [6.45, 7) is 2.62. The quantitative estimate of drug-likeness (QED) is 0.878. The van der Waals surface area contributed by atoms with Gasteiger partial charge in [-0.2, -0.15) is 0 Å². The van der Waals surface area contributed by atoms with Crippen LogP contribution in [0.5, 0.6) is 0 Å². The molecule has 0 atom stereocenters. The normalized spacial score (nSPS) is 15.9. The van der Waals surface area contributed by atoms with E-state index in [1.54, 1.807) is 6.07 Å². The molecule has 1 aliphatic rings. The van der Waals surface area contributed by atoms with Crippen molar-refractivity contribution >= 4 is 15.9 Å². The van der Waals surface area contributed by atoms with Gasteiger partial charge in [-0.1, -0.05) is 22.0 Å². The van der Waals surface area contributed by atoms with Gasteiger partial charge in [-0.15, -0.1) is 0 Å². The van der Waals surface area contributed by atoms with Gasteiger partial charge in [0.1, 0.15) is 5.82 Å². The van der Waals surface area contributed by atoms with E-state index >= 15 is 0 Å². The van der Waals surface area contributed by atoms with E-state index < -0.39 is 0 Å².